The van der Waals surface area contributed by atoms with Crippen LogP contribution in [0.1, 0.15) is 91.9 Å². The van der Waals surface area contributed by atoms with Gasteiger partial charge in [-0.25, -0.2) is 0 Å². The molecule has 0 bridgehead atoms. The van der Waals surface area contributed by atoms with Crippen molar-refractivity contribution >= 4 is 5.91 Å². The van der Waals surface area contributed by atoms with Gasteiger partial charge in [0.25, 0.3) is 0 Å². The Hall–Kier alpha value is -0.570. The topological polar surface area (TPSA) is 32.3 Å². The highest BCUT2D eigenvalue weighted by Crippen LogP contribution is 2.23. The predicted molar refractivity (Wildman–Crippen MR) is 90.2 cm³/mol. The van der Waals surface area contributed by atoms with E-state index < -0.39 is 0 Å². The van der Waals surface area contributed by atoms with Crippen LogP contribution in [0, 0.1) is 0 Å². The second-order valence-corrected chi connectivity index (χ2v) is 6.61. The molecule has 0 aromatic carbocycles. The number of nitrogens with zero attached hydrogens (tertiary/aromatic N) is 1. The number of nitrogens with one attached hydrogen (secondary N) is 1. The molecule has 0 aliphatic carbocycles. The molecule has 1 amide bonds. The molecule has 3 nitrogen and oxygen atoms in total. The van der Waals surface area contributed by atoms with E-state index in [2.05, 4.69) is 37.9 Å². The molecule has 3 unspecified atom stereocenters. The van der Waals surface area contributed by atoms with Gasteiger partial charge in [0.05, 0.1) is 12.2 Å². The van der Waals surface area contributed by atoms with Crippen LogP contribution in [0.3, 0.4) is 0 Å². The zero-order valence-corrected chi connectivity index (χ0v) is 14.7. The van der Waals surface area contributed by atoms with Gasteiger partial charge < -0.3 is 4.90 Å². The number of hydrogen-bond acceptors (Lipinski definition) is 2. The van der Waals surface area contributed by atoms with Gasteiger partial charge in [-0.15, -0.1) is 0 Å². The molecule has 0 aromatic heterocycles. The van der Waals surface area contributed by atoms with Gasteiger partial charge in [0.1, 0.15) is 0 Å². The first-order chi connectivity index (χ1) is 10.2. The highest BCUT2D eigenvalue weighted by atomic mass is 16.2. The van der Waals surface area contributed by atoms with Gasteiger partial charge in [-0.05, 0) is 26.2 Å². The third-order valence-electron chi connectivity index (χ3n) is 4.64. The number of carbonyl (C=O) groups excluding carboxylic acids is 1. The summed E-state index contributed by atoms with van der Waals surface area (Å²) in [6.07, 6.45) is 12.1. The molecule has 1 fully saturated rings. The first-order valence-corrected chi connectivity index (χ1v) is 9.23. The van der Waals surface area contributed by atoms with E-state index in [4.69, 9.17) is 0 Å². The molecular weight excluding hydrogens is 260 g/mol. The summed E-state index contributed by atoms with van der Waals surface area (Å²) in [4.78, 5) is 14.9. The van der Waals surface area contributed by atoms with Crippen LogP contribution in [0.15, 0.2) is 0 Å². The monoisotopic (exact) mass is 296 g/mol. The van der Waals surface area contributed by atoms with Crippen LogP contribution in [0.4, 0.5) is 0 Å². The number of carbonyl (C=O) groups is 1. The largest absolute Gasteiger partial charge is 0.323 e. The predicted octanol–water partition coefficient (Wildman–Crippen LogP) is 4.46. The molecule has 0 spiro atoms. The van der Waals surface area contributed by atoms with Crippen molar-refractivity contribution in [3.63, 3.8) is 0 Å². The molecule has 21 heavy (non-hydrogen) atoms. The van der Waals surface area contributed by atoms with E-state index in [1.54, 1.807) is 0 Å². The van der Waals surface area contributed by atoms with E-state index in [1.807, 2.05) is 0 Å². The first-order valence-electron chi connectivity index (χ1n) is 9.23. The van der Waals surface area contributed by atoms with E-state index in [0.29, 0.717) is 11.9 Å². The minimum absolute atomic E-state index is 0.0691. The lowest BCUT2D eigenvalue weighted by Gasteiger charge is -2.30. The number of unbranched alkanes of at least 4 members (excludes halogenated alkanes) is 4. The van der Waals surface area contributed by atoms with Gasteiger partial charge in [0.2, 0.25) is 5.91 Å². The van der Waals surface area contributed by atoms with Gasteiger partial charge in [-0.1, -0.05) is 65.7 Å². The minimum atomic E-state index is 0.0691. The van der Waals surface area contributed by atoms with E-state index in [-0.39, 0.29) is 12.2 Å². The molecule has 124 valence electrons. The van der Waals surface area contributed by atoms with Crippen LogP contribution >= 0.6 is 0 Å². The number of hydrogen-bond donors (Lipinski definition) is 1. The van der Waals surface area contributed by atoms with E-state index in [9.17, 15) is 4.79 Å². The van der Waals surface area contributed by atoms with Crippen LogP contribution in [0.5, 0.6) is 0 Å². The Bertz CT molecular complexity index is 293. The van der Waals surface area contributed by atoms with Gasteiger partial charge in [0.15, 0.2) is 0 Å². The second-order valence-electron chi connectivity index (χ2n) is 6.61. The fourth-order valence-electron chi connectivity index (χ4n) is 3.36. The summed E-state index contributed by atoms with van der Waals surface area (Å²) in [5.41, 5.74) is 0. The summed E-state index contributed by atoms with van der Waals surface area (Å²) in [5, 5.41) is 3.59. The fraction of sp³-hybridized carbons (Fsp3) is 0.944. The summed E-state index contributed by atoms with van der Waals surface area (Å²) >= 11 is 0. The smallest absolute Gasteiger partial charge is 0.241 e. The molecule has 0 aromatic rings. The normalized spacial score (nSPS) is 23.8. The van der Waals surface area contributed by atoms with Crippen LogP contribution < -0.4 is 5.32 Å². The lowest BCUT2D eigenvalue weighted by molar-refractivity contribution is -0.132. The van der Waals surface area contributed by atoms with Gasteiger partial charge >= 0.3 is 0 Å². The summed E-state index contributed by atoms with van der Waals surface area (Å²) in [6, 6.07) is 0.449. The highest BCUT2D eigenvalue weighted by Gasteiger charge is 2.39. The van der Waals surface area contributed by atoms with E-state index in [1.165, 1.54) is 25.7 Å². The molecule has 3 atom stereocenters. The summed E-state index contributed by atoms with van der Waals surface area (Å²) in [5.74, 6) is 0.352. The van der Waals surface area contributed by atoms with Crippen LogP contribution in [-0.2, 0) is 4.79 Å². The van der Waals surface area contributed by atoms with Crippen molar-refractivity contribution in [1.82, 2.24) is 10.2 Å². The summed E-state index contributed by atoms with van der Waals surface area (Å²) in [7, 11) is 0. The van der Waals surface area contributed by atoms with Crippen LogP contribution in [0.25, 0.3) is 0 Å². The Balaban J connectivity index is 2.55. The van der Waals surface area contributed by atoms with Crippen molar-refractivity contribution in [2.75, 3.05) is 0 Å². The SMILES string of the molecule is CCCCCCC(C)N1C(=O)C(CCCC)NC1CCC. The molecular formula is C18H36N2O. The molecule has 1 aliphatic heterocycles. The van der Waals surface area contributed by atoms with Crippen molar-refractivity contribution in [2.24, 2.45) is 0 Å². The molecule has 0 saturated carbocycles. The minimum Gasteiger partial charge on any atom is -0.323 e. The maximum atomic E-state index is 12.7. The fourth-order valence-corrected chi connectivity index (χ4v) is 3.36. The summed E-state index contributed by atoms with van der Waals surface area (Å²) in [6.45, 7) is 8.87. The van der Waals surface area contributed by atoms with Crippen molar-refractivity contribution in [3.05, 3.63) is 0 Å². The first kappa shape index (κ1) is 18.5. The zero-order chi connectivity index (χ0) is 15.7. The molecule has 1 rings (SSSR count). The molecule has 1 saturated heterocycles. The average Bonchev–Trinajstić information content (AvgIpc) is 2.78. The van der Waals surface area contributed by atoms with Gasteiger partial charge in [-0.3, -0.25) is 10.1 Å². The molecule has 1 heterocycles. The Morgan fingerprint density at radius 3 is 2.33 bits per heavy atom. The van der Waals surface area contributed by atoms with Crippen molar-refractivity contribution in [1.29, 1.82) is 0 Å². The quantitative estimate of drug-likeness (QED) is 0.571. The van der Waals surface area contributed by atoms with Crippen molar-refractivity contribution in [2.45, 2.75) is 110 Å². The van der Waals surface area contributed by atoms with E-state index >= 15 is 0 Å². The maximum Gasteiger partial charge on any atom is 0.241 e. The molecule has 3 heteroatoms. The average molecular weight is 296 g/mol. The standard InChI is InChI=1S/C18H36N2O/c1-5-8-10-11-13-15(4)20-17(12-7-3)19-16(18(20)21)14-9-6-2/h15-17,19H,5-14H2,1-4H3. The lowest BCUT2D eigenvalue weighted by atomic mass is 10.1. The second kappa shape index (κ2) is 10.2. The Kier molecular flexibility index (Phi) is 8.98. The number of amides is 1. The number of rotatable bonds is 11. The third kappa shape index (κ3) is 5.61. The summed E-state index contributed by atoms with van der Waals surface area (Å²) < 4.78 is 0. The zero-order valence-electron chi connectivity index (χ0n) is 14.7. The van der Waals surface area contributed by atoms with Crippen molar-refractivity contribution in [3.8, 4) is 0 Å². The maximum absolute atomic E-state index is 12.7. The van der Waals surface area contributed by atoms with Crippen molar-refractivity contribution < 1.29 is 4.79 Å². The Morgan fingerprint density at radius 2 is 1.71 bits per heavy atom. The van der Waals surface area contributed by atoms with Crippen LogP contribution in [-0.4, -0.2) is 29.1 Å². The molecule has 0 radical (unpaired) electrons. The van der Waals surface area contributed by atoms with Gasteiger partial charge in [0, 0.05) is 6.04 Å². The highest BCUT2D eigenvalue weighted by molar-refractivity contribution is 5.84. The van der Waals surface area contributed by atoms with Crippen LogP contribution in [0.2, 0.25) is 0 Å². The van der Waals surface area contributed by atoms with Gasteiger partial charge in [-0.2, -0.15) is 0 Å². The lowest BCUT2D eigenvalue weighted by Crippen LogP contribution is -2.43. The molecule has 1 N–H and O–H groups in total. The Morgan fingerprint density at radius 1 is 1.00 bits per heavy atom. The Labute approximate surface area is 131 Å². The third-order valence-corrected chi connectivity index (χ3v) is 4.64. The molecule has 1 aliphatic rings. The van der Waals surface area contributed by atoms with E-state index in [0.717, 1.165) is 38.5 Å².